The highest BCUT2D eigenvalue weighted by Crippen LogP contribution is 2.16. The molecule has 0 aromatic carbocycles. The molecule has 1 aliphatic rings. The van der Waals surface area contributed by atoms with Crippen molar-refractivity contribution in [3.05, 3.63) is 0 Å². The first-order valence-corrected chi connectivity index (χ1v) is 6.49. The molecule has 0 aromatic rings. The van der Waals surface area contributed by atoms with Gasteiger partial charge in [0.1, 0.15) is 0 Å². The summed E-state index contributed by atoms with van der Waals surface area (Å²) in [6, 6.07) is -0.0301. The normalized spacial score (nSPS) is 25.4. The second-order valence-corrected chi connectivity index (χ2v) is 5.81. The number of carbonyl (C=O) groups excluding carboxylic acids is 1. The van der Waals surface area contributed by atoms with E-state index in [4.69, 9.17) is 5.73 Å². The Morgan fingerprint density at radius 3 is 2.57 bits per heavy atom. The van der Waals surface area contributed by atoms with Gasteiger partial charge in [0.2, 0.25) is 5.91 Å². The number of likely N-dealkylation sites (N-methyl/N-ethyl adjacent to an activating group) is 1. The number of hydrogen-bond donors (Lipinski definition) is 1. The minimum Gasteiger partial charge on any atom is -0.369 e. The lowest BCUT2D eigenvalue weighted by Crippen LogP contribution is -2.41. The van der Waals surface area contributed by atoms with E-state index in [2.05, 4.69) is 0 Å². The minimum atomic E-state index is -2.88. The summed E-state index contributed by atoms with van der Waals surface area (Å²) >= 11 is 0. The molecule has 0 radical (unpaired) electrons. The number of nitrogens with two attached hydrogens (primary N) is 1. The Balaban J connectivity index is 2.59. The van der Waals surface area contributed by atoms with Crippen molar-refractivity contribution in [2.24, 2.45) is 5.73 Å². The van der Waals surface area contributed by atoms with E-state index < -0.39 is 15.7 Å². The third-order valence-corrected chi connectivity index (χ3v) is 4.24. The van der Waals surface area contributed by atoms with Crippen LogP contribution in [0.5, 0.6) is 0 Å². The van der Waals surface area contributed by atoms with Gasteiger partial charge in [-0.15, -0.1) is 0 Å². The molecule has 5 nitrogen and oxygen atoms in total. The van der Waals surface area contributed by atoms with Crippen LogP contribution in [0.2, 0.25) is 0 Å². The number of amides is 1. The number of primary amides is 1. The summed E-state index contributed by atoms with van der Waals surface area (Å²) in [6.07, 6.45) is 0.615. The zero-order valence-electron chi connectivity index (χ0n) is 8.27. The van der Waals surface area contributed by atoms with Gasteiger partial charge in [-0.1, -0.05) is 6.92 Å². The Morgan fingerprint density at radius 1 is 1.57 bits per heavy atom. The number of hydrogen-bond acceptors (Lipinski definition) is 4. The molecule has 0 spiro atoms. The van der Waals surface area contributed by atoms with E-state index in [9.17, 15) is 13.2 Å². The summed E-state index contributed by atoms with van der Waals surface area (Å²) in [5.41, 5.74) is 5.07. The topological polar surface area (TPSA) is 80.5 Å². The van der Waals surface area contributed by atoms with Crippen molar-refractivity contribution in [2.45, 2.75) is 19.4 Å². The van der Waals surface area contributed by atoms with E-state index >= 15 is 0 Å². The smallest absolute Gasteiger partial charge is 0.231 e. The monoisotopic (exact) mass is 220 g/mol. The van der Waals surface area contributed by atoms with Crippen LogP contribution in [0.3, 0.4) is 0 Å². The Morgan fingerprint density at radius 2 is 2.21 bits per heavy atom. The minimum absolute atomic E-state index is 0.0301. The van der Waals surface area contributed by atoms with Crippen LogP contribution in [0, 0.1) is 0 Å². The van der Waals surface area contributed by atoms with E-state index in [0.29, 0.717) is 13.0 Å². The first-order chi connectivity index (χ1) is 6.44. The molecule has 0 aliphatic carbocycles. The van der Waals surface area contributed by atoms with E-state index in [1.54, 1.807) is 0 Å². The molecule has 1 heterocycles. The molecular weight excluding hydrogens is 204 g/mol. The third kappa shape index (κ3) is 2.95. The molecule has 0 saturated carbocycles. The van der Waals surface area contributed by atoms with Crippen LogP contribution in [0.15, 0.2) is 0 Å². The average Bonchev–Trinajstić information content (AvgIpc) is 2.41. The largest absolute Gasteiger partial charge is 0.369 e. The molecule has 1 aliphatic heterocycles. The fourth-order valence-electron chi connectivity index (χ4n) is 1.76. The summed E-state index contributed by atoms with van der Waals surface area (Å²) in [7, 11) is -2.88. The van der Waals surface area contributed by atoms with Gasteiger partial charge in [-0.25, -0.2) is 8.42 Å². The standard InChI is InChI=1S/C8H16N2O3S/c1-2-10(5-8(9)11)7-3-4-14(12,13)6-7/h7H,2-6H2,1H3,(H2,9,11). The zero-order chi connectivity index (χ0) is 10.8. The van der Waals surface area contributed by atoms with Crippen LogP contribution in [-0.4, -0.2) is 49.9 Å². The van der Waals surface area contributed by atoms with Crippen molar-refractivity contribution < 1.29 is 13.2 Å². The van der Waals surface area contributed by atoms with E-state index in [1.165, 1.54) is 0 Å². The van der Waals surface area contributed by atoms with Gasteiger partial charge in [-0.3, -0.25) is 9.69 Å². The molecule has 1 amide bonds. The predicted molar refractivity (Wildman–Crippen MR) is 53.5 cm³/mol. The van der Waals surface area contributed by atoms with Gasteiger partial charge in [0.05, 0.1) is 18.1 Å². The Hall–Kier alpha value is -0.620. The van der Waals surface area contributed by atoms with Crippen LogP contribution < -0.4 is 5.73 Å². The van der Waals surface area contributed by atoms with Crippen molar-refractivity contribution in [1.29, 1.82) is 0 Å². The summed E-state index contributed by atoms with van der Waals surface area (Å²) in [6.45, 7) is 2.70. The van der Waals surface area contributed by atoms with Gasteiger partial charge in [-0.2, -0.15) is 0 Å². The first-order valence-electron chi connectivity index (χ1n) is 4.67. The summed E-state index contributed by atoms with van der Waals surface area (Å²) in [5.74, 6) is -0.0164. The van der Waals surface area contributed by atoms with Crippen molar-refractivity contribution in [3.8, 4) is 0 Å². The van der Waals surface area contributed by atoms with E-state index in [0.717, 1.165) is 0 Å². The summed E-state index contributed by atoms with van der Waals surface area (Å²) < 4.78 is 22.4. The van der Waals surface area contributed by atoms with Gasteiger partial charge >= 0.3 is 0 Å². The molecule has 6 heteroatoms. The number of sulfone groups is 1. The molecule has 82 valence electrons. The maximum absolute atomic E-state index is 11.2. The Kier molecular flexibility index (Phi) is 3.49. The van der Waals surface area contributed by atoms with Crippen LogP contribution in [0.25, 0.3) is 0 Å². The van der Waals surface area contributed by atoms with Gasteiger partial charge in [-0.05, 0) is 13.0 Å². The fraction of sp³-hybridized carbons (Fsp3) is 0.875. The second-order valence-electron chi connectivity index (χ2n) is 3.59. The quantitative estimate of drug-likeness (QED) is 0.657. The molecule has 1 rings (SSSR count). The van der Waals surface area contributed by atoms with Crippen LogP contribution in [-0.2, 0) is 14.6 Å². The highest BCUT2D eigenvalue weighted by Gasteiger charge is 2.31. The van der Waals surface area contributed by atoms with Gasteiger partial charge in [0, 0.05) is 6.04 Å². The second kappa shape index (κ2) is 4.27. The van der Waals surface area contributed by atoms with Crippen LogP contribution in [0.4, 0.5) is 0 Å². The molecule has 0 aromatic heterocycles. The predicted octanol–water partition coefficient (Wildman–Crippen LogP) is -1.02. The SMILES string of the molecule is CCN(CC(N)=O)C1CCS(=O)(=O)C1. The number of carbonyl (C=O) groups is 1. The third-order valence-electron chi connectivity index (χ3n) is 2.49. The molecule has 1 saturated heterocycles. The van der Waals surface area contributed by atoms with Gasteiger partial charge in [0.15, 0.2) is 9.84 Å². The Bertz CT molecular complexity index is 313. The maximum atomic E-state index is 11.2. The number of rotatable bonds is 4. The van der Waals surface area contributed by atoms with Crippen molar-refractivity contribution in [1.82, 2.24) is 4.90 Å². The summed E-state index contributed by atoms with van der Waals surface area (Å²) in [5, 5.41) is 0. The molecule has 14 heavy (non-hydrogen) atoms. The molecule has 1 atom stereocenters. The summed E-state index contributed by atoms with van der Waals surface area (Å²) in [4.78, 5) is 12.5. The van der Waals surface area contributed by atoms with Crippen molar-refractivity contribution in [2.75, 3.05) is 24.6 Å². The maximum Gasteiger partial charge on any atom is 0.231 e. The molecule has 0 bridgehead atoms. The molecular formula is C8H16N2O3S. The molecule has 1 unspecified atom stereocenters. The number of nitrogens with zero attached hydrogens (tertiary/aromatic N) is 1. The molecule has 2 N–H and O–H groups in total. The molecule has 1 fully saturated rings. The van der Waals surface area contributed by atoms with Crippen LogP contribution in [0.1, 0.15) is 13.3 Å². The van der Waals surface area contributed by atoms with E-state index in [1.807, 2.05) is 11.8 Å². The lowest BCUT2D eigenvalue weighted by molar-refractivity contribution is -0.119. The van der Waals surface area contributed by atoms with Gasteiger partial charge in [0.25, 0.3) is 0 Å². The lowest BCUT2D eigenvalue weighted by Gasteiger charge is -2.24. The van der Waals surface area contributed by atoms with Crippen molar-refractivity contribution >= 4 is 15.7 Å². The zero-order valence-corrected chi connectivity index (χ0v) is 9.09. The Labute approximate surface area is 84.2 Å². The van der Waals surface area contributed by atoms with Crippen molar-refractivity contribution in [3.63, 3.8) is 0 Å². The first kappa shape index (κ1) is 11.5. The highest BCUT2D eigenvalue weighted by molar-refractivity contribution is 7.91. The fourth-order valence-corrected chi connectivity index (χ4v) is 3.52. The van der Waals surface area contributed by atoms with Crippen LogP contribution >= 0.6 is 0 Å². The van der Waals surface area contributed by atoms with E-state index in [-0.39, 0.29) is 24.1 Å². The highest BCUT2D eigenvalue weighted by atomic mass is 32.2. The lowest BCUT2D eigenvalue weighted by atomic mass is 10.2. The average molecular weight is 220 g/mol. The van der Waals surface area contributed by atoms with Gasteiger partial charge < -0.3 is 5.73 Å².